The Balaban J connectivity index is 1.84. The first-order valence-electron chi connectivity index (χ1n) is 7.38. The van der Waals surface area contributed by atoms with Crippen LogP contribution in [0.25, 0.3) is 0 Å². The molecule has 1 aliphatic rings. The number of fused-ring (bicyclic) bond motifs is 1. The number of carbonyl (C=O) groups is 2. The lowest BCUT2D eigenvalue weighted by Crippen LogP contribution is -2.48. The van der Waals surface area contributed by atoms with Gasteiger partial charge in [0.15, 0.2) is 5.60 Å². The number of methoxy groups -OCH3 is 1. The summed E-state index contributed by atoms with van der Waals surface area (Å²) in [6, 6.07) is 12.0. The number of nitrogens with one attached hydrogen (secondary N) is 1. The second-order valence-corrected chi connectivity index (χ2v) is 6.22. The molecule has 5 nitrogen and oxygen atoms in total. The Hall–Kier alpha value is -2.53. The van der Waals surface area contributed by atoms with Crippen LogP contribution in [0.2, 0.25) is 5.02 Å². The van der Waals surface area contributed by atoms with Crippen molar-refractivity contribution in [2.24, 2.45) is 0 Å². The van der Waals surface area contributed by atoms with Crippen molar-refractivity contribution in [2.75, 3.05) is 12.4 Å². The van der Waals surface area contributed by atoms with Gasteiger partial charge in [-0.1, -0.05) is 23.7 Å². The van der Waals surface area contributed by atoms with Gasteiger partial charge in [0.2, 0.25) is 0 Å². The molecule has 0 saturated carbocycles. The van der Waals surface area contributed by atoms with Gasteiger partial charge >= 0.3 is 5.97 Å². The third-order valence-corrected chi connectivity index (χ3v) is 4.18. The van der Waals surface area contributed by atoms with E-state index in [2.05, 4.69) is 5.32 Å². The van der Waals surface area contributed by atoms with Crippen LogP contribution in [0.4, 0.5) is 5.69 Å². The molecule has 1 amide bonds. The third kappa shape index (κ3) is 3.08. The molecule has 0 bridgehead atoms. The van der Waals surface area contributed by atoms with Gasteiger partial charge < -0.3 is 14.8 Å². The molecule has 124 valence electrons. The maximum Gasteiger partial charge on any atom is 0.339 e. The fraction of sp³-hybridized carbons (Fsp3) is 0.222. The van der Waals surface area contributed by atoms with Crippen LogP contribution in [0, 0.1) is 0 Å². The number of hydrogen-bond donors (Lipinski definition) is 1. The summed E-state index contributed by atoms with van der Waals surface area (Å²) >= 11 is 5.91. The van der Waals surface area contributed by atoms with Crippen molar-refractivity contribution in [1.82, 2.24) is 0 Å². The molecule has 1 N–H and O–H groups in total. The molecule has 1 aliphatic heterocycles. The number of rotatable bonds is 3. The summed E-state index contributed by atoms with van der Waals surface area (Å²) in [6.07, 6.45) is 0.279. The first-order valence-corrected chi connectivity index (χ1v) is 7.76. The van der Waals surface area contributed by atoms with Gasteiger partial charge in [-0.15, -0.1) is 0 Å². The van der Waals surface area contributed by atoms with E-state index >= 15 is 0 Å². The van der Waals surface area contributed by atoms with E-state index in [4.69, 9.17) is 21.1 Å². The lowest BCUT2D eigenvalue weighted by Gasteiger charge is -2.33. The van der Waals surface area contributed by atoms with E-state index in [1.807, 2.05) is 0 Å². The standard InChI is InChI=1S/C18H16ClNO4/c1-18(17(22)20-13-4-3-5-14(9-13)23-2)10-11-6-7-12(19)8-15(11)16(21)24-18/h3-9H,10H2,1-2H3,(H,20,22)/t18-/m1/s1. The maximum atomic E-state index is 12.7. The number of benzene rings is 2. The minimum absolute atomic E-state index is 0.279. The van der Waals surface area contributed by atoms with Crippen LogP contribution in [0.15, 0.2) is 42.5 Å². The number of cyclic esters (lactones) is 1. The topological polar surface area (TPSA) is 64.6 Å². The van der Waals surface area contributed by atoms with Crippen LogP contribution in [-0.4, -0.2) is 24.6 Å². The molecule has 0 aliphatic carbocycles. The molecule has 0 unspecified atom stereocenters. The Morgan fingerprint density at radius 3 is 2.83 bits per heavy atom. The van der Waals surface area contributed by atoms with E-state index in [0.29, 0.717) is 22.0 Å². The average Bonchev–Trinajstić information content (AvgIpc) is 2.56. The Morgan fingerprint density at radius 2 is 2.08 bits per heavy atom. The van der Waals surface area contributed by atoms with Gasteiger partial charge in [-0.05, 0) is 36.8 Å². The van der Waals surface area contributed by atoms with Crippen molar-refractivity contribution >= 4 is 29.2 Å². The fourth-order valence-corrected chi connectivity index (χ4v) is 2.81. The largest absolute Gasteiger partial charge is 0.497 e. The predicted molar refractivity (Wildman–Crippen MR) is 90.6 cm³/mol. The molecule has 0 saturated heterocycles. The van der Waals surface area contributed by atoms with E-state index in [-0.39, 0.29) is 6.42 Å². The van der Waals surface area contributed by atoms with E-state index in [1.165, 1.54) is 0 Å². The number of ether oxygens (including phenoxy) is 2. The lowest BCUT2D eigenvalue weighted by atomic mass is 9.89. The van der Waals surface area contributed by atoms with Gasteiger partial charge in [0, 0.05) is 23.2 Å². The van der Waals surface area contributed by atoms with Crippen molar-refractivity contribution in [1.29, 1.82) is 0 Å². The summed E-state index contributed by atoms with van der Waals surface area (Å²) in [4.78, 5) is 24.9. The maximum absolute atomic E-state index is 12.7. The van der Waals surface area contributed by atoms with Crippen LogP contribution in [0.1, 0.15) is 22.8 Å². The highest BCUT2D eigenvalue weighted by atomic mass is 35.5. The number of amides is 1. The average molecular weight is 346 g/mol. The molecule has 2 aromatic carbocycles. The van der Waals surface area contributed by atoms with Crippen LogP contribution < -0.4 is 10.1 Å². The van der Waals surface area contributed by atoms with Crippen LogP contribution >= 0.6 is 11.6 Å². The van der Waals surface area contributed by atoms with Crippen molar-refractivity contribution in [2.45, 2.75) is 18.9 Å². The van der Waals surface area contributed by atoms with E-state index in [9.17, 15) is 9.59 Å². The fourth-order valence-electron chi connectivity index (χ4n) is 2.64. The monoisotopic (exact) mass is 345 g/mol. The van der Waals surface area contributed by atoms with Crippen LogP contribution in [0.5, 0.6) is 5.75 Å². The van der Waals surface area contributed by atoms with Crippen molar-refractivity contribution < 1.29 is 19.1 Å². The molecule has 3 rings (SSSR count). The normalized spacial score (nSPS) is 19.2. The lowest BCUT2D eigenvalue weighted by molar-refractivity contribution is -0.134. The number of hydrogen-bond acceptors (Lipinski definition) is 4. The van der Waals surface area contributed by atoms with Crippen LogP contribution in [0.3, 0.4) is 0 Å². The Bertz CT molecular complexity index is 820. The van der Waals surface area contributed by atoms with E-state index in [0.717, 1.165) is 5.56 Å². The highest BCUT2D eigenvalue weighted by Crippen LogP contribution is 2.31. The van der Waals surface area contributed by atoms with Crippen molar-refractivity contribution in [3.8, 4) is 5.75 Å². The predicted octanol–water partition coefficient (Wildman–Crippen LogP) is 3.46. The number of halogens is 1. The van der Waals surface area contributed by atoms with Gasteiger partial charge in [0.25, 0.3) is 5.91 Å². The molecule has 0 radical (unpaired) electrons. The highest BCUT2D eigenvalue weighted by Gasteiger charge is 2.42. The molecule has 2 aromatic rings. The zero-order chi connectivity index (χ0) is 17.3. The molecule has 0 spiro atoms. The summed E-state index contributed by atoms with van der Waals surface area (Å²) in [7, 11) is 1.55. The zero-order valence-corrected chi connectivity index (χ0v) is 14.0. The van der Waals surface area contributed by atoms with E-state index in [1.54, 1.807) is 56.5 Å². The van der Waals surface area contributed by atoms with Crippen molar-refractivity contribution in [3.05, 3.63) is 58.6 Å². The Labute approximate surface area is 144 Å². The Kier molecular flexibility index (Phi) is 4.20. The van der Waals surface area contributed by atoms with Gasteiger partial charge in [-0.3, -0.25) is 4.79 Å². The second-order valence-electron chi connectivity index (χ2n) is 5.78. The minimum atomic E-state index is -1.29. The zero-order valence-electron chi connectivity index (χ0n) is 13.3. The first kappa shape index (κ1) is 16.3. The summed E-state index contributed by atoms with van der Waals surface area (Å²) in [5, 5.41) is 3.22. The first-order chi connectivity index (χ1) is 11.4. The highest BCUT2D eigenvalue weighted by molar-refractivity contribution is 6.31. The smallest absolute Gasteiger partial charge is 0.339 e. The van der Waals surface area contributed by atoms with Crippen LogP contribution in [-0.2, 0) is 16.0 Å². The third-order valence-electron chi connectivity index (χ3n) is 3.95. The SMILES string of the molecule is COc1cccc(NC(=O)[C@@]2(C)Cc3ccc(Cl)cc3C(=O)O2)c1. The summed E-state index contributed by atoms with van der Waals surface area (Å²) in [6.45, 7) is 1.60. The van der Waals surface area contributed by atoms with Gasteiger partial charge in [-0.2, -0.15) is 0 Å². The molecular formula is C18H16ClNO4. The molecular weight excluding hydrogens is 330 g/mol. The molecule has 1 atom stereocenters. The Morgan fingerprint density at radius 1 is 1.29 bits per heavy atom. The molecule has 24 heavy (non-hydrogen) atoms. The number of carbonyl (C=O) groups excluding carboxylic acids is 2. The van der Waals surface area contributed by atoms with E-state index < -0.39 is 17.5 Å². The molecule has 0 aromatic heterocycles. The summed E-state index contributed by atoms with van der Waals surface area (Å²) in [5.41, 5.74) is 0.410. The quantitative estimate of drug-likeness (QED) is 0.865. The number of anilines is 1. The molecule has 1 heterocycles. The minimum Gasteiger partial charge on any atom is -0.497 e. The summed E-state index contributed by atoms with van der Waals surface area (Å²) < 4.78 is 10.5. The molecule has 0 fully saturated rings. The van der Waals surface area contributed by atoms with Gasteiger partial charge in [-0.25, -0.2) is 4.79 Å². The van der Waals surface area contributed by atoms with Crippen molar-refractivity contribution in [3.63, 3.8) is 0 Å². The molecule has 6 heteroatoms. The second kappa shape index (κ2) is 6.17. The summed E-state index contributed by atoms with van der Waals surface area (Å²) in [5.74, 6) is -0.328. The number of esters is 1. The van der Waals surface area contributed by atoms with Gasteiger partial charge in [0.1, 0.15) is 5.75 Å². The van der Waals surface area contributed by atoms with Gasteiger partial charge in [0.05, 0.1) is 12.7 Å².